The molecule has 5 heteroatoms. The highest BCUT2D eigenvalue weighted by atomic mass is 16.2. The maximum Gasteiger partial charge on any atom is 0.257 e. The monoisotopic (exact) mass is 299 g/mol. The predicted molar refractivity (Wildman–Crippen MR) is 90.2 cm³/mol. The number of anilines is 1. The average Bonchev–Trinajstić information content (AvgIpc) is 2.52. The summed E-state index contributed by atoms with van der Waals surface area (Å²) in [4.78, 5) is 24.9. The third kappa shape index (κ3) is 2.74. The van der Waals surface area contributed by atoms with Gasteiger partial charge in [-0.15, -0.1) is 6.58 Å². The number of carbonyl (C=O) groups is 1. The number of benzene rings is 1. The molecule has 3 N–H and O–H groups in total. The van der Waals surface area contributed by atoms with Gasteiger partial charge < -0.3 is 15.6 Å². The van der Waals surface area contributed by atoms with Gasteiger partial charge in [-0.25, -0.2) is 0 Å². The molecule has 0 spiro atoms. The molecule has 0 aliphatic carbocycles. The van der Waals surface area contributed by atoms with Crippen LogP contribution in [0.1, 0.15) is 36.7 Å². The summed E-state index contributed by atoms with van der Waals surface area (Å²) in [6.45, 7) is 7.96. The van der Waals surface area contributed by atoms with Crippen LogP contribution in [0.25, 0.3) is 10.9 Å². The van der Waals surface area contributed by atoms with Gasteiger partial charge in [0.15, 0.2) is 0 Å². The molecule has 22 heavy (non-hydrogen) atoms. The molecule has 1 aromatic carbocycles. The molecule has 5 nitrogen and oxygen atoms in total. The molecular weight excluding hydrogens is 278 g/mol. The van der Waals surface area contributed by atoms with Crippen LogP contribution in [0.3, 0.4) is 0 Å². The van der Waals surface area contributed by atoms with E-state index in [9.17, 15) is 9.59 Å². The zero-order valence-corrected chi connectivity index (χ0v) is 12.9. The minimum Gasteiger partial charge on any atom is -0.398 e. The Hall–Kier alpha value is -2.56. The van der Waals surface area contributed by atoms with E-state index in [0.29, 0.717) is 17.6 Å². The first-order chi connectivity index (χ1) is 10.5. The minimum atomic E-state index is -0.410. The number of pyridine rings is 1. The van der Waals surface area contributed by atoms with Crippen LogP contribution >= 0.6 is 0 Å². The molecule has 0 bridgehead atoms. The van der Waals surface area contributed by atoms with Gasteiger partial charge in [0.1, 0.15) is 5.56 Å². The Morgan fingerprint density at radius 1 is 1.50 bits per heavy atom. The van der Waals surface area contributed by atoms with Gasteiger partial charge in [-0.05, 0) is 25.5 Å². The first-order valence-corrected chi connectivity index (χ1v) is 7.33. The van der Waals surface area contributed by atoms with Crippen molar-refractivity contribution in [2.75, 3.05) is 12.3 Å². The van der Waals surface area contributed by atoms with Gasteiger partial charge in [0, 0.05) is 24.5 Å². The Balaban J connectivity index is 2.76. The van der Waals surface area contributed by atoms with E-state index in [1.807, 2.05) is 23.6 Å². The fourth-order valence-electron chi connectivity index (χ4n) is 2.41. The highest BCUT2D eigenvalue weighted by molar-refractivity contribution is 6.00. The fraction of sp³-hybridized carbons (Fsp3) is 0.294. The Labute approximate surface area is 129 Å². The Morgan fingerprint density at radius 2 is 2.23 bits per heavy atom. The lowest BCUT2D eigenvalue weighted by atomic mass is 10.1. The number of carbonyl (C=O) groups excluding carboxylic acids is 1. The normalized spacial score (nSPS) is 12.1. The third-order valence-electron chi connectivity index (χ3n) is 3.81. The van der Waals surface area contributed by atoms with Crippen molar-refractivity contribution in [2.45, 2.75) is 26.3 Å². The Bertz CT molecular complexity index is 777. The van der Waals surface area contributed by atoms with E-state index in [-0.39, 0.29) is 17.0 Å². The number of aromatic nitrogens is 1. The molecular formula is C17H21N3O2. The van der Waals surface area contributed by atoms with Gasteiger partial charge in [-0.3, -0.25) is 9.59 Å². The van der Waals surface area contributed by atoms with Crippen LogP contribution in [0, 0.1) is 0 Å². The third-order valence-corrected chi connectivity index (χ3v) is 3.81. The molecule has 1 unspecified atom stereocenters. The van der Waals surface area contributed by atoms with Crippen LogP contribution in [-0.2, 0) is 0 Å². The molecule has 0 saturated heterocycles. The van der Waals surface area contributed by atoms with E-state index in [1.165, 1.54) is 0 Å². The highest BCUT2D eigenvalue weighted by Gasteiger charge is 2.18. The summed E-state index contributed by atoms with van der Waals surface area (Å²) < 4.78 is 1.94. The molecule has 0 aliphatic heterocycles. The number of nitrogens with one attached hydrogen (secondary N) is 1. The molecule has 116 valence electrons. The second-order valence-corrected chi connectivity index (χ2v) is 5.28. The van der Waals surface area contributed by atoms with E-state index < -0.39 is 5.91 Å². The van der Waals surface area contributed by atoms with Crippen molar-refractivity contribution < 1.29 is 4.79 Å². The van der Waals surface area contributed by atoms with Crippen LogP contribution in [0.4, 0.5) is 5.69 Å². The topological polar surface area (TPSA) is 77.1 Å². The predicted octanol–water partition coefficient (Wildman–Crippen LogP) is 2.47. The molecule has 0 radical (unpaired) electrons. The summed E-state index contributed by atoms with van der Waals surface area (Å²) >= 11 is 0. The lowest BCUT2D eigenvalue weighted by molar-refractivity contribution is 0.0956. The molecule has 1 aromatic heterocycles. The summed E-state index contributed by atoms with van der Waals surface area (Å²) in [5, 5.41) is 3.04. The lowest BCUT2D eigenvalue weighted by Crippen LogP contribution is -2.30. The summed E-state index contributed by atoms with van der Waals surface area (Å²) in [5.74, 6) is -0.410. The average molecular weight is 299 g/mol. The molecule has 0 aliphatic rings. The summed E-state index contributed by atoms with van der Waals surface area (Å²) in [6, 6.07) is 5.49. The van der Waals surface area contributed by atoms with Crippen LogP contribution in [0.15, 0.2) is 41.8 Å². The minimum absolute atomic E-state index is 0.104. The number of nitrogens with zero attached hydrogens (tertiary/aromatic N) is 1. The van der Waals surface area contributed by atoms with Gasteiger partial charge in [-0.1, -0.05) is 19.1 Å². The fourth-order valence-corrected chi connectivity index (χ4v) is 2.41. The number of nitrogen functional groups attached to an aromatic ring is 1. The first kappa shape index (κ1) is 15.8. The molecule has 2 rings (SSSR count). The lowest BCUT2D eigenvalue weighted by Gasteiger charge is -2.19. The molecule has 1 heterocycles. The Kier molecular flexibility index (Phi) is 4.65. The zero-order chi connectivity index (χ0) is 16.3. The van der Waals surface area contributed by atoms with Crippen LogP contribution in [0.2, 0.25) is 0 Å². The first-order valence-electron chi connectivity index (χ1n) is 7.33. The van der Waals surface area contributed by atoms with Gasteiger partial charge in [0.2, 0.25) is 5.43 Å². The zero-order valence-electron chi connectivity index (χ0n) is 12.9. The standard InChI is InChI=1S/C17H21N3O2/c1-4-9-19-17(22)12-10-20(11(3)5-2)14-8-6-7-13(18)15(14)16(12)21/h4,6-8,10-11H,1,5,9,18H2,2-3H3,(H,19,22). The van der Waals surface area contributed by atoms with Crippen LogP contribution in [0.5, 0.6) is 0 Å². The molecule has 2 aromatic rings. The summed E-state index contributed by atoms with van der Waals surface area (Å²) in [5.41, 5.74) is 6.88. The maximum absolute atomic E-state index is 12.6. The number of nitrogens with two attached hydrogens (primary N) is 1. The van der Waals surface area contributed by atoms with Crippen LogP contribution < -0.4 is 16.5 Å². The van der Waals surface area contributed by atoms with E-state index in [1.54, 1.807) is 18.3 Å². The van der Waals surface area contributed by atoms with Crippen molar-refractivity contribution in [3.05, 3.63) is 52.8 Å². The van der Waals surface area contributed by atoms with E-state index in [0.717, 1.165) is 11.9 Å². The van der Waals surface area contributed by atoms with E-state index in [4.69, 9.17) is 5.73 Å². The van der Waals surface area contributed by atoms with Gasteiger partial charge in [0.05, 0.1) is 10.9 Å². The largest absolute Gasteiger partial charge is 0.398 e. The van der Waals surface area contributed by atoms with E-state index in [2.05, 4.69) is 18.8 Å². The number of rotatable bonds is 5. The second-order valence-electron chi connectivity index (χ2n) is 5.28. The Morgan fingerprint density at radius 3 is 2.86 bits per heavy atom. The number of hydrogen-bond acceptors (Lipinski definition) is 3. The van der Waals surface area contributed by atoms with Crippen molar-refractivity contribution in [3.63, 3.8) is 0 Å². The quantitative estimate of drug-likeness (QED) is 0.657. The van der Waals surface area contributed by atoms with Crippen molar-refractivity contribution in [3.8, 4) is 0 Å². The highest BCUT2D eigenvalue weighted by Crippen LogP contribution is 2.22. The van der Waals surface area contributed by atoms with Gasteiger partial charge in [-0.2, -0.15) is 0 Å². The van der Waals surface area contributed by atoms with Gasteiger partial charge >= 0.3 is 0 Å². The smallest absolute Gasteiger partial charge is 0.257 e. The van der Waals surface area contributed by atoms with Crippen molar-refractivity contribution in [1.82, 2.24) is 9.88 Å². The number of hydrogen-bond donors (Lipinski definition) is 2. The maximum atomic E-state index is 12.6. The molecule has 1 amide bonds. The molecule has 0 fully saturated rings. The van der Waals surface area contributed by atoms with Crippen molar-refractivity contribution in [2.24, 2.45) is 0 Å². The number of fused-ring (bicyclic) bond motifs is 1. The van der Waals surface area contributed by atoms with Crippen molar-refractivity contribution >= 4 is 22.5 Å². The summed E-state index contributed by atoms with van der Waals surface area (Å²) in [6.07, 6.45) is 4.07. The van der Waals surface area contributed by atoms with Crippen molar-refractivity contribution in [1.29, 1.82) is 0 Å². The summed E-state index contributed by atoms with van der Waals surface area (Å²) in [7, 11) is 0. The van der Waals surface area contributed by atoms with Gasteiger partial charge in [0.25, 0.3) is 5.91 Å². The van der Waals surface area contributed by atoms with Crippen LogP contribution in [-0.4, -0.2) is 17.0 Å². The number of amides is 1. The van der Waals surface area contributed by atoms with E-state index >= 15 is 0 Å². The SMILES string of the molecule is C=CCNC(=O)c1cn(C(C)CC)c2cccc(N)c2c1=O. The molecule has 1 atom stereocenters. The molecule has 0 saturated carbocycles. The second kappa shape index (κ2) is 6.47.